The zero-order valence-electron chi connectivity index (χ0n) is 15.0. The smallest absolute Gasteiger partial charge is 0.262 e. The first-order valence-electron chi connectivity index (χ1n) is 8.98. The van der Waals surface area contributed by atoms with Crippen LogP contribution >= 0.6 is 11.8 Å². The van der Waals surface area contributed by atoms with Gasteiger partial charge in [-0.2, -0.15) is 0 Å². The van der Waals surface area contributed by atoms with E-state index in [0.29, 0.717) is 28.7 Å². The lowest BCUT2D eigenvalue weighted by atomic mass is 10.2. The van der Waals surface area contributed by atoms with E-state index >= 15 is 0 Å². The summed E-state index contributed by atoms with van der Waals surface area (Å²) in [4.78, 5) is 36.9. The molecule has 3 N–H and O–H groups in total. The van der Waals surface area contributed by atoms with Gasteiger partial charge in [0.2, 0.25) is 5.91 Å². The first-order valence-corrected chi connectivity index (χ1v) is 9.96. The van der Waals surface area contributed by atoms with Gasteiger partial charge in [0.15, 0.2) is 6.61 Å². The van der Waals surface area contributed by atoms with E-state index in [-0.39, 0.29) is 30.1 Å². The molecule has 7 nitrogen and oxygen atoms in total. The van der Waals surface area contributed by atoms with Gasteiger partial charge in [-0.3, -0.25) is 14.4 Å². The molecule has 1 saturated carbocycles. The summed E-state index contributed by atoms with van der Waals surface area (Å²) in [5.41, 5.74) is 1.55. The van der Waals surface area contributed by atoms with Gasteiger partial charge >= 0.3 is 0 Å². The number of rotatable bonds is 6. The predicted molar refractivity (Wildman–Crippen MR) is 107 cm³/mol. The summed E-state index contributed by atoms with van der Waals surface area (Å²) in [6.07, 6.45) is 2.09. The first kappa shape index (κ1) is 18.4. The minimum Gasteiger partial charge on any atom is -0.482 e. The van der Waals surface area contributed by atoms with Crippen molar-refractivity contribution in [1.82, 2.24) is 5.32 Å². The molecular weight excluding hydrogens is 378 g/mol. The monoisotopic (exact) mass is 397 g/mol. The van der Waals surface area contributed by atoms with Crippen molar-refractivity contribution in [3.05, 3.63) is 48.0 Å². The lowest BCUT2D eigenvalue weighted by Crippen LogP contribution is -2.27. The van der Waals surface area contributed by atoms with Gasteiger partial charge in [-0.1, -0.05) is 12.1 Å². The fraction of sp³-hybridized carbons (Fsp3) is 0.250. The normalized spacial score (nSPS) is 15.1. The topological polar surface area (TPSA) is 96.5 Å². The van der Waals surface area contributed by atoms with Crippen molar-refractivity contribution in [1.29, 1.82) is 0 Å². The molecule has 2 aromatic rings. The van der Waals surface area contributed by atoms with E-state index < -0.39 is 0 Å². The van der Waals surface area contributed by atoms with Gasteiger partial charge in [0, 0.05) is 16.6 Å². The average Bonchev–Trinajstić information content (AvgIpc) is 3.50. The Kier molecular flexibility index (Phi) is 5.21. The van der Waals surface area contributed by atoms with Crippen LogP contribution in [0.1, 0.15) is 23.2 Å². The zero-order chi connectivity index (χ0) is 19.5. The summed E-state index contributed by atoms with van der Waals surface area (Å²) in [6, 6.07) is 12.6. The molecule has 2 aromatic carbocycles. The quantitative estimate of drug-likeness (QED) is 0.651. The lowest BCUT2D eigenvalue weighted by molar-refractivity contribution is -0.119. The first-order chi connectivity index (χ1) is 13.6. The van der Waals surface area contributed by atoms with Crippen molar-refractivity contribution >= 4 is 40.9 Å². The molecule has 4 rings (SSSR count). The highest BCUT2D eigenvalue weighted by atomic mass is 32.2. The maximum absolute atomic E-state index is 12.8. The Hall–Kier alpha value is -3.00. The number of amides is 3. The second-order valence-electron chi connectivity index (χ2n) is 6.63. The van der Waals surface area contributed by atoms with Gasteiger partial charge in [0.1, 0.15) is 5.75 Å². The fourth-order valence-electron chi connectivity index (χ4n) is 2.78. The van der Waals surface area contributed by atoms with Crippen molar-refractivity contribution in [2.24, 2.45) is 0 Å². The molecule has 1 heterocycles. The van der Waals surface area contributed by atoms with Crippen LogP contribution in [0.25, 0.3) is 0 Å². The Morgan fingerprint density at radius 3 is 2.82 bits per heavy atom. The Morgan fingerprint density at radius 2 is 2.00 bits per heavy atom. The third-order valence-electron chi connectivity index (χ3n) is 4.30. The highest BCUT2D eigenvalue weighted by molar-refractivity contribution is 8.00. The molecule has 0 spiro atoms. The molecule has 28 heavy (non-hydrogen) atoms. The molecule has 0 aromatic heterocycles. The van der Waals surface area contributed by atoms with Crippen LogP contribution in [0.5, 0.6) is 5.75 Å². The predicted octanol–water partition coefficient (Wildman–Crippen LogP) is 2.64. The van der Waals surface area contributed by atoms with Gasteiger partial charge < -0.3 is 20.7 Å². The van der Waals surface area contributed by atoms with Crippen molar-refractivity contribution in [2.45, 2.75) is 23.8 Å². The largest absolute Gasteiger partial charge is 0.482 e. The zero-order valence-corrected chi connectivity index (χ0v) is 15.8. The van der Waals surface area contributed by atoms with Gasteiger partial charge in [0.05, 0.1) is 17.0 Å². The summed E-state index contributed by atoms with van der Waals surface area (Å²) < 4.78 is 5.32. The number of nitrogens with one attached hydrogen (secondary N) is 3. The standard InChI is InChI=1S/C20H19N3O4S/c24-18-10-27-16-8-7-13(9-15(16)23-18)22-20(26)14-3-1-2-4-17(14)28-11-19(25)21-12-5-6-12/h1-4,7-9,12H,5-6,10-11H2,(H,21,25)(H,22,26)(H,23,24). The highest BCUT2D eigenvalue weighted by Gasteiger charge is 2.23. The third-order valence-corrected chi connectivity index (χ3v) is 5.38. The molecule has 144 valence electrons. The minimum atomic E-state index is -0.284. The molecule has 0 unspecified atom stereocenters. The van der Waals surface area contributed by atoms with Crippen molar-refractivity contribution in [2.75, 3.05) is 23.0 Å². The molecular formula is C20H19N3O4S. The van der Waals surface area contributed by atoms with Crippen LogP contribution < -0.4 is 20.7 Å². The maximum Gasteiger partial charge on any atom is 0.262 e. The van der Waals surface area contributed by atoms with Crippen molar-refractivity contribution in [3.63, 3.8) is 0 Å². The Morgan fingerprint density at radius 1 is 1.18 bits per heavy atom. The van der Waals surface area contributed by atoms with Crippen molar-refractivity contribution in [3.8, 4) is 5.75 Å². The second-order valence-corrected chi connectivity index (χ2v) is 7.65. The molecule has 0 atom stereocenters. The molecule has 1 aliphatic heterocycles. The van der Waals surface area contributed by atoms with Crippen LogP contribution in [0.15, 0.2) is 47.4 Å². The number of benzene rings is 2. The van der Waals surface area contributed by atoms with Gasteiger partial charge in [-0.15, -0.1) is 11.8 Å². The number of thioether (sulfide) groups is 1. The average molecular weight is 397 g/mol. The number of anilines is 2. The van der Waals surface area contributed by atoms with Crippen LogP contribution in [0.2, 0.25) is 0 Å². The van der Waals surface area contributed by atoms with Crippen LogP contribution in [-0.2, 0) is 9.59 Å². The Bertz CT molecular complexity index is 943. The van der Waals surface area contributed by atoms with E-state index in [0.717, 1.165) is 17.7 Å². The summed E-state index contributed by atoms with van der Waals surface area (Å²) in [7, 11) is 0. The number of carbonyl (C=O) groups excluding carboxylic acids is 3. The molecule has 0 radical (unpaired) electrons. The fourth-order valence-corrected chi connectivity index (χ4v) is 3.64. The number of hydrogen-bond donors (Lipinski definition) is 3. The summed E-state index contributed by atoms with van der Waals surface area (Å²) in [5, 5.41) is 8.49. The van der Waals surface area contributed by atoms with Gasteiger partial charge in [0.25, 0.3) is 11.8 Å². The molecule has 3 amide bonds. The second kappa shape index (κ2) is 7.93. The van der Waals surface area contributed by atoms with E-state index in [1.54, 1.807) is 30.3 Å². The summed E-state index contributed by atoms with van der Waals surface area (Å²) in [6.45, 7) is -0.0162. The Labute approximate surface area is 166 Å². The molecule has 1 aliphatic carbocycles. The highest BCUT2D eigenvalue weighted by Crippen LogP contribution is 2.31. The van der Waals surface area contributed by atoms with E-state index in [1.807, 2.05) is 12.1 Å². The van der Waals surface area contributed by atoms with Gasteiger partial charge in [-0.25, -0.2) is 0 Å². The van der Waals surface area contributed by atoms with E-state index in [9.17, 15) is 14.4 Å². The summed E-state index contributed by atoms with van der Waals surface area (Å²) >= 11 is 1.34. The van der Waals surface area contributed by atoms with E-state index in [2.05, 4.69) is 16.0 Å². The van der Waals surface area contributed by atoms with Gasteiger partial charge in [-0.05, 0) is 43.2 Å². The van der Waals surface area contributed by atoms with Crippen molar-refractivity contribution < 1.29 is 19.1 Å². The van der Waals surface area contributed by atoms with Crippen LogP contribution in [-0.4, -0.2) is 36.1 Å². The molecule has 1 fully saturated rings. The van der Waals surface area contributed by atoms with E-state index in [4.69, 9.17) is 4.74 Å². The third kappa shape index (κ3) is 4.45. The molecule has 8 heteroatoms. The molecule has 0 saturated heterocycles. The minimum absolute atomic E-state index is 0.0162. The Balaban J connectivity index is 1.44. The lowest BCUT2D eigenvalue weighted by Gasteiger charge is -2.18. The number of carbonyl (C=O) groups is 3. The van der Waals surface area contributed by atoms with E-state index in [1.165, 1.54) is 11.8 Å². The van der Waals surface area contributed by atoms with Crippen LogP contribution in [0.3, 0.4) is 0 Å². The SMILES string of the molecule is O=C1COc2ccc(NC(=O)c3ccccc3SCC(=O)NC3CC3)cc2N1. The number of fused-ring (bicyclic) bond motifs is 1. The molecule has 0 bridgehead atoms. The maximum atomic E-state index is 12.8. The number of hydrogen-bond acceptors (Lipinski definition) is 5. The molecule has 2 aliphatic rings. The van der Waals surface area contributed by atoms with Crippen LogP contribution in [0.4, 0.5) is 11.4 Å². The van der Waals surface area contributed by atoms with Crippen LogP contribution in [0, 0.1) is 0 Å². The number of ether oxygens (including phenoxy) is 1. The summed E-state index contributed by atoms with van der Waals surface area (Å²) in [5.74, 6) is 0.294.